The summed E-state index contributed by atoms with van der Waals surface area (Å²) in [6.45, 7) is 2.94. The van der Waals surface area contributed by atoms with Gasteiger partial charge in [0.15, 0.2) is 5.96 Å². The molecular weight excluding hydrogens is 317 g/mol. The first-order chi connectivity index (χ1) is 7.29. The number of hydrogen-bond acceptors (Lipinski definition) is 2. The quantitative estimate of drug-likeness (QED) is 0.481. The van der Waals surface area contributed by atoms with Crippen LogP contribution < -0.4 is 5.73 Å². The van der Waals surface area contributed by atoms with Crippen LogP contribution in [0.15, 0.2) is 4.99 Å². The number of hydrogen-bond donors (Lipinski definition) is 1. The molecule has 0 aromatic rings. The number of ether oxygens (including phenoxy) is 1. The third-order valence-corrected chi connectivity index (χ3v) is 3.26. The van der Waals surface area contributed by atoms with Crippen LogP contribution >= 0.6 is 24.0 Å². The number of halogens is 1. The minimum atomic E-state index is 0. The molecule has 1 heterocycles. The van der Waals surface area contributed by atoms with Gasteiger partial charge in [0.1, 0.15) is 0 Å². The second-order valence-corrected chi connectivity index (χ2v) is 4.54. The van der Waals surface area contributed by atoms with Crippen molar-refractivity contribution in [3.8, 4) is 0 Å². The molecule has 1 aliphatic carbocycles. The third-order valence-electron chi connectivity index (χ3n) is 3.26. The van der Waals surface area contributed by atoms with Crippen LogP contribution in [0.1, 0.15) is 25.7 Å². The van der Waals surface area contributed by atoms with E-state index >= 15 is 0 Å². The van der Waals surface area contributed by atoms with Crippen LogP contribution in [-0.2, 0) is 4.74 Å². The van der Waals surface area contributed by atoms with Crippen molar-refractivity contribution in [1.29, 1.82) is 0 Å². The van der Waals surface area contributed by atoms with Crippen LogP contribution in [0.3, 0.4) is 0 Å². The summed E-state index contributed by atoms with van der Waals surface area (Å²) in [5, 5.41) is 0. The van der Waals surface area contributed by atoms with E-state index in [4.69, 9.17) is 10.5 Å². The van der Waals surface area contributed by atoms with Gasteiger partial charge in [-0.2, -0.15) is 0 Å². The molecule has 0 bridgehead atoms. The Morgan fingerprint density at radius 2 is 1.94 bits per heavy atom. The van der Waals surface area contributed by atoms with E-state index in [0.29, 0.717) is 12.1 Å². The average molecular weight is 339 g/mol. The normalized spacial score (nSPS) is 23.1. The summed E-state index contributed by atoms with van der Waals surface area (Å²) in [5.41, 5.74) is 5.76. The number of aliphatic imine (C=N–C) groups is 1. The van der Waals surface area contributed by atoms with Gasteiger partial charge in [0.05, 0.1) is 6.10 Å². The Morgan fingerprint density at radius 3 is 2.44 bits per heavy atom. The number of nitrogens with zero attached hydrogens (tertiary/aromatic N) is 2. The summed E-state index contributed by atoms with van der Waals surface area (Å²) in [7, 11) is 1.74. The van der Waals surface area contributed by atoms with E-state index in [1.807, 2.05) is 0 Å². The highest BCUT2D eigenvalue weighted by molar-refractivity contribution is 14.0. The highest BCUT2D eigenvalue weighted by Gasteiger charge is 2.25. The second-order valence-electron chi connectivity index (χ2n) is 4.54. The predicted octanol–water partition coefficient (Wildman–Crippen LogP) is 1.44. The molecule has 2 rings (SSSR count). The molecular formula is C11H22IN3O. The van der Waals surface area contributed by atoms with Crippen molar-refractivity contribution in [1.82, 2.24) is 4.90 Å². The van der Waals surface area contributed by atoms with Gasteiger partial charge in [-0.15, -0.1) is 24.0 Å². The van der Waals surface area contributed by atoms with E-state index in [9.17, 15) is 0 Å². The zero-order valence-corrected chi connectivity index (χ0v) is 12.2. The molecule has 2 N–H and O–H groups in total. The molecule has 16 heavy (non-hydrogen) atoms. The molecule has 0 aromatic carbocycles. The summed E-state index contributed by atoms with van der Waals surface area (Å²) in [5.74, 6) is 1.53. The summed E-state index contributed by atoms with van der Waals surface area (Å²) >= 11 is 0. The molecule has 0 atom stereocenters. The van der Waals surface area contributed by atoms with Gasteiger partial charge in [0.25, 0.3) is 0 Å². The Kier molecular flexibility index (Phi) is 5.82. The molecule has 0 aromatic heterocycles. The smallest absolute Gasteiger partial charge is 0.190 e. The van der Waals surface area contributed by atoms with Crippen molar-refractivity contribution in [3.05, 3.63) is 0 Å². The molecule has 1 saturated heterocycles. The molecule has 0 unspecified atom stereocenters. The van der Waals surface area contributed by atoms with Gasteiger partial charge in [-0.3, -0.25) is 4.99 Å². The van der Waals surface area contributed by atoms with Crippen LogP contribution in [0.5, 0.6) is 0 Å². The van der Waals surface area contributed by atoms with Gasteiger partial charge in [-0.25, -0.2) is 0 Å². The van der Waals surface area contributed by atoms with Crippen LogP contribution in [0.4, 0.5) is 0 Å². The fraction of sp³-hybridized carbons (Fsp3) is 0.909. The van der Waals surface area contributed by atoms with Gasteiger partial charge in [0.2, 0.25) is 0 Å². The Morgan fingerprint density at radius 1 is 1.31 bits per heavy atom. The van der Waals surface area contributed by atoms with Crippen molar-refractivity contribution >= 4 is 29.9 Å². The monoisotopic (exact) mass is 339 g/mol. The fourth-order valence-corrected chi connectivity index (χ4v) is 1.95. The highest BCUT2D eigenvalue weighted by Crippen LogP contribution is 2.30. The van der Waals surface area contributed by atoms with Crippen molar-refractivity contribution < 1.29 is 4.74 Å². The molecule has 2 aliphatic rings. The van der Waals surface area contributed by atoms with Gasteiger partial charge < -0.3 is 15.4 Å². The lowest BCUT2D eigenvalue weighted by molar-refractivity contribution is 0.0134. The summed E-state index contributed by atoms with van der Waals surface area (Å²) in [4.78, 5) is 6.14. The molecule has 5 heteroatoms. The van der Waals surface area contributed by atoms with Crippen molar-refractivity contribution in [2.75, 3.05) is 26.7 Å². The van der Waals surface area contributed by atoms with E-state index < -0.39 is 0 Å². The maximum absolute atomic E-state index is 5.86. The van der Waals surface area contributed by atoms with Crippen LogP contribution in [-0.4, -0.2) is 43.7 Å². The van der Waals surface area contributed by atoms with Crippen LogP contribution in [0.25, 0.3) is 0 Å². The lowest BCUT2D eigenvalue weighted by Crippen LogP contribution is -2.44. The zero-order valence-electron chi connectivity index (χ0n) is 9.89. The van der Waals surface area contributed by atoms with Gasteiger partial charge in [-0.05, 0) is 31.6 Å². The van der Waals surface area contributed by atoms with E-state index in [1.54, 1.807) is 7.05 Å². The number of likely N-dealkylation sites (tertiary alicyclic amines) is 1. The Bertz CT molecular complexity index is 235. The topological polar surface area (TPSA) is 50.8 Å². The van der Waals surface area contributed by atoms with E-state index in [1.165, 1.54) is 12.8 Å². The van der Waals surface area contributed by atoms with Gasteiger partial charge in [-0.1, -0.05) is 0 Å². The molecule has 2 fully saturated rings. The van der Waals surface area contributed by atoms with E-state index in [-0.39, 0.29) is 24.0 Å². The Balaban J connectivity index is 0.00000128. The number of nitrogens with two attached hydrogens (primary N) is 1. The SMILES string of the molecule is CN=C(N)N1CCC(OCC2CC2)CC1.I. The maximum atomic E-state index is 5.86. The number of rotatable bonds is 3. The summed E-state index contributed by atoms with van der Waals surface area (Å²) < 4.78 is 5.86. The van der Waals surface area contributed by atoms with Gasteiger partial charge in [0, 0.05) is 26.7 Å². The maximum Gasteiger partial charge on any atom is 0.190 e. The predicted molar refractivity (Wildman–Crippen MR) is 76.2 cm³/mol. The standard InChI is InChI=1S/C11H21N3O.HI/c1-13-11(12)14-6-4-10(5-7-14)15-8-9-2-3-9;/h9-10H,2-8H2,1H3,(H2,12,13);1H. The van der Waals surface area contributed by atoms with Crippen molar-refractivity contribution in [3.63, 3.8) is 0 Å². The minimum Gasteiger partial charge on any atom is -0.378 e. The average Bonchev–Trinajstić information content (AvgIpc) is 3.10. The van der Waals surface area contributed by atoms with Crippen LogP contribution in [0.2, 0.25) is 0 Å². The van der Waals surface area contributed by atoms with Crippen molar-refractivity contribution in [2.24, 2.45) is 16.6 Å². The second kappa shape index (κ2) is 6.64. The molecule has 0 amide bonds. The molecule has 1 saturated carbocycles. The largest absolute Gasteiger partial charge is 0.378 e. The Hall–Kier alpha value is -0.0400. The molecule has 4 nitrogen and oxygen atoms in total. The highest BCUT2D eigenvalue weighted by atomic mass is 127. The first-order valence-electron chi connectivity index (χ1n) is 5.88. The van der Waals surface area contributed by atoms with Gasteiger partial charge >= 0.3 is 0 Å². The minimum absolute atomic E-state index is 0. The zero-order chi connectivity index (χ0) is 10.7. The first kappa shape index (κ1) is 14.0. The van der Waals surface area contributed by atoms with E-state index in [2.05, 4.69) is 9.89 Å². The lowest BCUT2D eigenvalue weighted by atomic mass is 10.1. The molecule has 0 radical (unpaired) electrons. The third kappa shape index (κ3) is 4.08. The first-order valence-corrected chi connectivity index (χ1v) is 5.88. The lowest BCUT2D eigenvalue weighted by Gasteiger charge is -2.32. The van der Waals surface area contributed by atoms with E-state index in [0.717, 1.165) is 38.5 Å². The molecule has 1 aliphatic heterocycles. The molecule has 94 valence electrons. The number of guanidine groups is 1. The summed E-state index contributed by atoms with van der Waals surface area (Å²) in [6.07, 6.45) is 5.36. The Labute approximate surface area is 115 Å². The number of piperidine rings is 1. The molecule has 0 spiro atoms. The van der Waals surface area contributed by atoms with Crippen LogP contribution in [0, 0.1) is 5.92 Å². The fourth-order valence-electron chi connectivity index (χ4n) is 1.95. The van der Waals surface area contributed by atoms with Crippen molar-refractivity contribution in [2.45, 2.75) is 31.8 Å². The summed E-state index contributed by atoms with van der Waals surface area (Å²) in [6, 6.07) is 0.